The van der Waals surface area contributed by atoms with E-state index in [1.165, 1.54) is 6.21 Å². The van der Waals surface area contributed by atoms with Crippen molar-refractivity contribution in [3.8, 4) is 0 Å². The van der Waals surface area contributed by atoms with Gasteiger partial charge in [0.2, 0.25) is 0 Å². The van der Waals surface area contributed by atoms with E-state index in [-0.39, 0.29) is 0 Å². The average Bonchev–Trinajstić information content (AvgIpc) is 2.12. The van der Waals surface area contributed by atoms with Gasteiger partial charge >= 0.3 is 6.03 Å². The molecule has 0 saturated carbocycles. The number of hydrogen-bond acceptors (Lipinski definition) is 3. The van der Waals surface area contributed by atoms with E-state index in [1.54, 1.807) is 0 Å². The molecule has 1 rings (SSSR count). The highest BCUT2D eigenvalue weighted by Crippen LogP contribution is 1.94. The number of hydrogen-bond donors (Lipinski definition) is 1. The second-order valence-electron chi connectivity index (χ2n) is 1.20. The first-order valence-corrected chi connectivity index (χ1v) is 2.05. The molecule has 1 aliphatic rings. The Morgan fingerprint density at radius 1 is 2.00 bits per heavy atom. The largest absolute Gasteiger partial charge is 0.360 e. The molecule has 0 aliphatic carbocycles. The molecule has 0 aromatic rings. The summed E-state index contributed by atoms with van der Waals surface area (Å²) >= 11 is 0. The van der Waals surface area contributed by atoms with E-state index in [0.717, 1.165) is 5.17 Å². The van der Waals surface area contributed by atoms with Crippen LogP contribution in [0.5, 0.6) is 0 Å². The number of amides is 2. The number of hydroxylamine groups is 1. The van der Waals surface area contributed by atoms with Crippen molar-refractivity contribution >= 4 is 12.2 Å². The Morgan fingerprint density at radius 2 is 2.75 bits per heavy atom. The van der Waals surface area contributed by atoms with Crippen LogP contribution in [0.15, 0.2) is 5.10 Å². The molecule has 2 amide bonds. The normalized spacial score (nSPS) is 17.2. The highest BCUT2D eigenvalue weighted by atomic mass is 16.7. The van der Waals surface area contributed by atoms with Crippen molar-refractivity contribution in [3.05, 3.63) is 0 Å². The molecule has 0 radical (unpaired) electrons. The monoisotopic (exact) mass is 115 g/mol. The third-order valence-electron chi connectivity index (χ3n) is 0.646. The fourth-order valence-corrected chi connectivity index (χ4v) is 0.365. The maximum atomic E-state index is 10.1. The predicted octanol–water partition coefficient (Wildman–Crippen LogP) is -0.702. The van der Waals surface area contributed by atoms with Gasteiger partial charge in [0.05, 0.1) is 6.21 Å². The minimum absolute atomic E-state index is 0.322. The van der Waals surface area contributed by atoms with Crippen LogP contribution in [-0.4, -0.2) is 24.0 Å². The zero-order valence-electron chi connectivity index (χ0n) is 4.07. The van der Waals surface area contributed by atoms with Gasteiger partial charge < -0.3 is 5.73 Å². The summed E-state index contributed by atoms with van der Waals surface area (Å²) in [5.41, 5.74) is 4.75. The molecule has 0 bridgehead atoms. The first-order valence-electron chi connectivity index (χ1n) is 2.05. The standard InChI is InChI=1S/C3H5N3O2/c4-3(7)6-5-1-2-8-6/h1H,2H2,(H2,4,7). The Balaban J connectivity index is 2.48. The van der Waals surface area contributed by atoms with Crippen molar-refractivity contribution < 1.29 is 9.63 Å². The zero-order chi connectivity index (χ0) is 5.98. The van der Waals surface area contributed by atoms with Crippen molar-refractivity contribution in [2.45, 2.75) is 0 Å². The van der Waals surface area contributed by atoms with E-state index in [2.05, 4.69) is 9.94 Å². The molecule has 1 heterocycles. The number of nitrogens with two attached hydrogens (primary N) is 1. The lowest BCUT2D eigenvalue weighted by Gasteiger charge is -2.03. The lowest BCUT2D eigenvalue weighted by atomic mass is 10.8. The topological polar surface area (TPSA) is 67.9 Å². The summed E-state index contributed by atoms with van der Waals surface area (Å²) in [7, 11) is 0. The van der Waals surface area contributed by atoms with E-state index >= 15 is 0 Å². The first kappa shape index (κ1) is 5.04. The van der Waals surface area contributed by atoms with Crippen LogP contribution in [0.3, 0.4) is 0 Å². The molecule has 5 heteroatoms. The summed E-state index contributed by atoms with van der Waals surface area (Å²) in [4.78, 5) is 14.7. The van der Waals surface area contributed by atoms with Gasteiger partial charge in [-0.2, -0.15) is 5.10 Å². The fraction of sp³-hybridized carbons (Fsp3) is 0.333. The first-order chi connectivity index (χ1) is 3.80. The Labute approximate surface area is 45.7 Å². The molecule has 0 saturated heterocycles. The van der Waals surface area contributed by atoms with Gasteiger partial charge in [0.25, 0.3) is 0 Å². The van der Waals surface area contributed by atoms with Crippen LogP contribution in [0.2, 0.25) is 0 Å². The summed E-state index contributed by atoms with van der Waals surface area (Å²) in [5.74, 6) is 0. The van der Waals surface area contributed by atoms with Gasteiger partial charge in [-0.25, -0.2) is 9.63 Å². The molecule has 2 N–H and O–H groups in total. The molecular formula is C3H5N3O2. The third-order valence-corrected chi connectivity index (χ3v) is 0.646. The van der Waals surface area contributed by atoms with Gasteiger partial charge in [-0.15, -0.1) is 0 Å². The summed E-state index contributed by atoms with van der Waals surface area (Å²) in [5, 5.41) is 4.18. The van der Waals surface area contributed by atoms with Crippen molar-refractivity contribution in [2.24, 2.45) is 10.8 Å². The summed E-state index contributed by atoms with van der Waals surface area (Å²) in [6.45, 7) is 0.322. The van der Waals surface area contributed by atoms with Crippen LogP contribution < -0.4 is 5.73 Å². The van der Waals surface area contributed by atoms with Crippen molar-refractivity contribution in [3.63, 3.8) is 0 Å². The van der Waals surface area contributed by atoms with E-state index < -0.39 is 6.03 Å². The van der Waals surface area contributed by atoms with E-state index in [0.29, 0.717) is 6.61 Å². The molecule has 0 unspecified atom stereocenters. The van der Waals surface area contributed by atoms with Gasteiger partial charge in [0.1, 0.15) is 6.61 Å². The van der Waals surface area contributed by atoms with Crippen molar-refractivity contribution in [2.75, 3.05) is 6.61 Å². The molecular weight excluding hydrogens is 110 g/mol. The number of primary amides is 1. The Hall–Kier alpha value is -1.10. The van der Waals surface area contributed by atoms with Gasteiger partial charge in [0, 0.05) is 0 Å². The number of rotatable bonds is 0. The highest BCUT2D eigenvalue weighted by molar-refractivity contribution is 5.73. The van der Waals surface area contributed by atoms with Crippen LogP contribution in [0.25, 0.3) is 0 Å². The van der Waals surface area contributed by atoms with Gasteiger partial charge in [0.15, 0.2) is 0 Å². The van der Waals surface area contributed by atoms with Crippen molar-refractivity contribution in [1.29, 1.82) is 0 Å². The summed E-state index contributed by atoms with van der Waals surface area (Å²) in [6, 6.07) is -0.696. The predicted molar refractivity (Wildman–Crippen MR) is 25.9 cm³/mol. The molecule has 5 nitrogen and oxygen atoms in total. The van der Waals surface area contributed by atoms with Crippen LogP contribution in [0, 0.1) is 0 Å². The van der Waals surface area contributed by atoms with E-state index in [4.69, 9.17) is 5.73 Å². The van der Waals surface area contributed by atoms with E-state index in [1.807, 2.05) is 0 Å². The average molecular weight is 115 g/mol. The molecule has 0 spiro atoms. The van der Waals surface area contributed by atoms with Crippen LogP contribution in [-0.2, 0) is 4.84 Å². The van der Waals surface area contributed by atoms with Gasteiger partial charge in [-0.3, -0.25) is 0 Å². The number of hydrazone groups is 1. The van der Waals surface area contributed by atoms with E-state index in [9.17, 15) is 4.79 Å². The maximum absolute atomic E-state index is 10.1. The Kier molecular flexibility index (Phi) is 1.13. The lowest BCUT2D eigenvalue weighted by molar-refractivity contribution is -0.0777. The van der Waals surface area contributed by atoms with Crippen molar-refractivity contribution in [1.82, 2.24) is 5.17 Å². The molecule has 8 heavy (non-hydrogen) atoms. The Bertz CT molecular complexity index is 132. The zero-order valence-corrected chi connectivity index (χ0v) is 4.07. The molecule has 0 aromatic heterocycles. The maximum Gasteiger partial charge on any atom is 0.360 e. The molecule has 0 aromatic carbocycles. The molecule has 1 aliphatic heterocycles. The minimum atomic E-state index is -0.696. The summed E-state index contributed by atoms with van der Waals surface area (Å²) < 4.78 is 0. The Morgan fingerprint density at radius 3 is 3.00 bits per heavy atom. The molecule has 0 atom stereocenters. The number of carbonyl (C=O) groups is 1. The smallest absolute Gasteiger partial charge is 0.348 e. The fourth-order valence-electron chi connectivity index (χ4n) is 0.365. The SMILES string of the molecule is NC(=O)N1N=CCO1. The lowest BCUT2D eigenvalue weighted by Crippen LogP contribution is -2.28. The summed E-state index contributed by atoms with van der Waals surface area (Å²) in [6.07, 6.45) is 1.45. The van der Waals surface area contributed by atoms with Crippen LogP contribution >= 0.6 is 0 Å². The van der Waals surface area contributed by atoms with Gasteiger partial charge in [-0.05, 0) is 0 Å². The van der Waals surface area contributed by atoms with Gasteiger partial charge in [-0.1, -0.05) is 5.17 Å². The highest BCUT2D eigenvalue weighted by Gasteiger charge is 2.10. The van der Waals surface area contributed by atoms with Crippen LogP contribution in [0.4, 0.5) is 4.79 Å². The minimum Gasteiger partial charge on any atom is -0.348 e. The quantitative estimate of drug-likeness (QED) is 0.453. The number of urea groups is 1. The second kappa shape index (κ2) is 1.79. The second-order valence-corrected chi connectivity index (χ2v) is 1.20. The van der Waals surface area contributed by atoms with Crippen LogP contribution in [0.1, 0.15) is 0 Å². The third kappa shape index (κ3) is 0.760. The molecule has 0 fully saturated rings. The number of nitrogens with zero attached hydrogens (tertiary/aromatic N) is 2. The molecule has 44 valence electrons. The number of carbonyl (C=O) groups excluding carboxylic acids is 1.